The van der Waals surface area contributed by atoms with E-state index in [0.717, 1.165) is 13.1 Å². The molecular weight excluding hydrogens is 294 g/mol. The number of ketones is 1. The second kappa shape index (κ2) is 6.19. The highest BCUT2D eigenvalue weighted by molar-refractivity contribution is 6.30. The molecule has 0 atom stereocenters. The molecule has 0 aliphatic carbocycles. The van der Waals surface area contributed by atoms with Crippen LogP contribution in [0.1, 0.15) is 10.4 Å². The van der Waals surface area contributed by atoms with Gasteiger partial charge in [0.15, 0.2) is 5.78 Å². The van der Waals surface area contributed by atoms with Crippen LogP contribution in [0.15, 0.2) is 24.3 Å². The highest BCUT2D eigenvalue weighted by Crippen LogP contribution is 2.11. The zero-order valence-corrected chi connectivity index (χ0v) is 12.0. The van der Waals surface area contributed by atoms with Gasteiger partial charge < -0.3 is 9.64 Å². The lowest BCUT2D eigenvalue weighted by Crippen LogP contribution is -2.37. The maximum Gasteiger partial charge on any atom is 0.266 e. The summed E-state index contributed by atoms with van der Waals surface area (Å²) < 4.78 is 5.27. The second-order valence-corrected chi connectivity index (χ2v) is 5.09. The lowest BCUT2D eigenvalue weighted by Gasteiger charge is -2.24. The van der Waals surface area contributed by atoms with Crippen LogP contribution >= 0.6 is 11.6 Å². The number of halogens is 1. The van der Waals surface area contributed by atoms with Crippen LogP contribution in [0, 0.1) is 0 Å². The van der Waals surface area contributed by atoms with Crippen LogP contribution < -0.4 is 4.90 Å². The Morgan fingerprint density at radius 1 is 1.24 bits per heavy atom. The molecule has 0 bridgehead atoms. The number of ether oxygens (including phenoxy) is 1. The maximum atomic E-state index is 12.1. The molecule has 0 radical (unpaired) electrons. The van der Waals surface area contributed by atoms with Gasteiger partial charge in [-0.1, -0.05) is 16.7 Å². The van der Waals surface area contributed by atoms with E-state index < -0.39 is 0 Å². The topological polar surface area (TPSA) is 73.1 Å². The van der Waals surface area contributed by atoms with Crippen molar-refractivity contribution in [2.75, 3.05) is 31.2 Å². The third kappa shape index (κ3) is 3.37. The van der Waals surface area contributed by atoms with Crippen molar-refractivity contribution in [3.8, 4) is 0 Å². The normalized spacial score (nSPS) is 15.2. The van der Waals surface area contributed by atoms with Crippen molar-refractivity contribution >= 4 is 23.3 Å². The summed E-state index contributed by atoms with van der Waals surface area (Å²) in [6.07, 6.45) is 0. The molecule has 0 N–H and O–H groups in total. The van der Waals surface area contributed by atoms with Gasteiger partial charge in [0.1, 0.15) is 6.54 Å². The van der Waals surface area contributed by atoms with Crippen LogP contribution in [0.3, 0.4) is 0 Å². The quantitative estimate of drug-likeness (QED) is 0.786. The first kappa shape index (κ1) is 14.0. The summed E-state index contributed by atoms with van der Waals surface area (Å²) in [4.78, 5) is 15.4. The van der Waals surface area contributed by atoms with E-state index in [9.17, 15) is 4.79 Å². The summed E-state index contributed by atoms with van der Waals surface area (Å²) >= 11 is 5.80. The predicted octanol–water partition coefficient (Wildman–Crippen LogP) is 1.05. The zero-order chi connectivity index (χ0) is 14.7. The Labute approximate surface area is 126 Å². The van der Waals surface area contributed by atoms with Gasteiger partial charge in [-0.25, -0.2) is 0 Å². The largest absolute Gasteiger partial charge is 0.378 e. The van der Waals surface area contributed by atoms with Gasteiger partial charge in [-0.05, 0) is 29.5 Å². The molecule has 1 saturated heterocycles. The molecule has 3 rings (SSSR count). The van der Waals surface area contributed by atoms with E-state index >= 15 is 0 Å². The average Bonchev–Trinajstić information content (AvgIpc) is 2.97. The van der Waals surface area contributed by atoms with Crippen molar-refractivity contribution in [2.45, 2.75) is 6.54 Å². The standard InChI is InChI=1S/C13H14ClN5O2/c14-11-3-1-10(2-4-11)12(20)9-19-16-13(15-17-19)18-5-7-21-8-6-18/h1-4H,5-9H2. The van der Waals surface area contributed by atoms with Gasteiger partial charge in [0.25, 0.3) is 5.95 Å². The Hall–Kier alpha value is -1.99. The monoisotopic (exact) mass is 307 g/mol. The molecule has 1 fully saturated rings. The van der Waals surface area contributed by atoms with Crippen LogP contribution in [0.25, 0.3) is 0 Å². The van der Waals surface area contributed by atoms with E-state index in [1.165, 1.54) is 4.80 Å². The van der Waals surface area contributed by atoms with Crippen molar-refractivity contribution in [1.82, 2.24) is 20.2 Å². The van der Waals surface area contributed by atoms with Crippen LogP contribution in [0.5, 0.6) is 0 Å². The molecule has 1 aromatic heterocycles. The third-order valence-corrected chi connectivity index (χ3v) is 3.44. The maximum absolute atomic E-state index is 12.1. The van der Waals surface area contributed by atoms with Crippen LogP contribution in [0.4, 0.5) is 5.95 Å². The number of nitrogens with zero attached hydrogens (tertiary/aromatic N) is 5. The molecule has 1 aliphatic heterocycles. The van der Waals surface area contributed by atoms with Crippen molar-refractivity contribution in [3.63, 3.8) is 0 Å². The Balaban J connectivity index is 1.66. The van der Waals surface area contributed by atoms with Crippen LogP contribution in [-0.2, 0) is 11.3 Å². The van der Waals surface area contributed by atoms with Crippen LogP contribution in [0.2, 0.25) is 5.02 Å². The molecule has 1 aromatic carbocycles. The summed E-state index contributed by atoms with van der Waals surface area (Å²) in [7, 11) is 0. The van der Waals surface area contributed by atoms with Gasteiger partial charge in [0, 0.05) is 23.7 Å². The minimum Gasteiger partial charge on any atom is -0.378 e. The molecule has 2 heterocycles. The smallest absolute Gasteiger partial charge is 0.266 e. The summed E-state index contributed by atoms with van der Waals surface area (Å²) in [5.74, 6) is 0.444. The molecule has 7 nitrogen and oxygen atoms in total. The highest BCUT2D eigenvalue weighted by atomic mass is 35.5. The SMILES string of the molecule is O=C(Cn1nnc(N2CCOCC2)n1)c1ccc(Cl)cc1. The molecular formula is C13H14ClN5O2. The van der Waals surface area contributed by atoms with Crippen LogP contribution in [-0.4, -0.2) is 52.3 Å². The van der Waals surface area contributed by atoms with E-state index in [1.807, 2.05) is 4.90 Å². The number of aromatic nitrogens is 4. The fraction of sp³-hybridized carbons (Fsp3) is 0.385. The third-order valence-electron chi connectivity index (χ3n) is 3.19. The summed E-state index contributed by atoms with van der Waals surface area (Å²) in [6.45, 7) is 2.82. The minimum atomic E-state index is -0.0856. The molecule has 1 aliphatic rings. The van der Waals surface area contributed by atoms with Crippen molar-refractivity contribution in [3.05, 3.63) is 34.9 Å². The fourth-order valence-corrected chi connectivity index (χ4v) is 2.17. The van der Waals surface area contributed by atoms with E-state index in [0.29, 0.717) is 29.7 Å². The first-order chi connectivity index (χ1) is 10.2. The summed E-state index contributed by atoms with van der Waals surface area (Å²) in [6, 6.07) is 6.74. The molecule has 0 amide bonds. The van der Waals surface area contributed by atoms with Gasteiger partial charge >= 0.3 is 0 Å². The van der Waals surface area contributed by atoms with Crippen molar-refractivity contribution in [2.24, 2.45) is 0 Å². The molecule has 0 saturated carbocycles. The molecule has 0 spiro atoms. The van der Waals surface area contributed by atoms with E-state index in [-0.39, 0.29) is 12.3 Å². The van der Waals surface area contributed by atoms with Gasteiger partial charge in [-0.15, -0.1) is 5.10 Å². The van der Waals surface area contributed by atoms with Crippen molar-refractivity contribution in [1.29, 1.82) is 0 Å². The van der Waals surface area contributed by atoms with Gasteiger partial charge in [0.05, 0.1) is 13.2 Å². The number of anilines is 1. The minimum absolute atomic E-state index is 0.0545. The Kier molecular flexibility index (Phi) is 4.12. The van der Waals surface area contributed by atoms with Gasteiger partial charge in [-0.3, -0.25) is 4.79 Å². The molecule has 21 heavy (non-hydrogen) atoms. The second-order valence-electron chi connectivity index (χ2n) is 4.65. The number of carbonyl (C=O) groups excluding carboxylic acids is 1. The number of hydrogen-bond acceptors (Lipinski definition) is 6. The first-order valence-electron chi connectivity index (χ1n) is 6.61. The summed E-state index contributed by atoms with van der Waals surface area (Å²) in [5.41, 5.74) is 0.574. The first-order valence-corrected chi connectivity index (χ1v) is 6.99. The van der Waals surface area contributed by atoms with Gasteiger partial charge in [0.2, 0.25) is 0 Å². The number of rotatable bonds is 4. The predicted molar refractivity (Wildman–Crippen MR) is 76.6 cm³/mol. The van der Waals surface area contributed by atoms with Gasteiger partial charge in [-0.2, -0.15) is 4.80 Å². The van der Waals surface area contributed by atoms with E-state index in [4.69, 9.17) is 16.3 Å². The van der Waals surface area contributed by atoms with E-state index in [1.54, 1.807) is 24.3 Å². The van der Waals surface area contributed by atoms with Crippen molar-refractivity contribution < 1.29 is 9.53 Å². The number of hydrogen-bond donors (Lipinski definition) is 0. The number of carbonyl (C=O) groups is 1. The molecule has 2 aromatic rings. The number of benzene rings is 1. The fourth-order valence-electron chi connectivity index (χ4n) is 2.05. The Bertz CT molecular complexity index is 622. The molecule has 0 unspecified atom stereocenters. The average molecular weight is 308 g/mol. The van der Waals surface area contributed by atoms with E-state index in [2.05, 4.69) is 15.4 Å². The molecule has 8 heteroatoms. The number of tetrazole rings is 1. The lowest BCUT2D eigenvalue weighted by atomic mass is 10.1. The Morgan fingerprint density at radius 3 is 2.67 bits per heavy atom. The zero-order valence-electron chi connectivity index (χ0n) is 11.3. The highest BCUT2D eigenvalue weighted by Gasteiger charge is 2.17. The lowest BCUT2D eigenvalue weighted by molar-refractivity contribution is 0.0961. The Morgan fingerprint density at radius 2 is 1.95 bits per heavy atom. The molecule has 110 valence electrons. The number of Topliss-reactive ketones (excluding diaryl/α,β-unsaturated/α-hetero) is 1. The summed E-state index contributed by atoms with van der Waals surface area (Å²) in [5, 5.41) is 12.7. The number of morpholine rings is 1.